The Hall–Kier alpha value is -4.31. The van der Waals surface area contributed by atoms with Crippen LogP contribution >= 0.6 is 0 Å². The van der Waals surface area contributed by atoms with Crippen molar-refractivity contribution in [3.63, 3.8) is 0 Å². The van der Waals surface area contributed by atoms with Gasteiger partial charge in [-0.15, -0.1) is 0 Å². The molecule has 10 heteroatoms. The molecule has 2 heterocycles. The first-order valence-corrected chi connectivity index (χ1v) is 14.3. The predicted octanol–water partition coefficient (Wildman–Crippen LogP) is 3.78. The van der Waals surface area contributed by atoms with Gasteiger partial charge in [0, 0.05) is 25.1 Å². The van der Waals surface area contributed by atoms with Crippen LogP contribution in [0.15, 0.2) is 88.8 Å². The maximum atomic E-state index is 13.5. The highest BCUT2D eigenvalue weighted by Crippen LogP contribution is 2.27. The first-order chi connectivity index (χ1) is 18.8. The molecule has 0 unspecified atom stereocenters. The van der Waals surface area contributed by atoms with E-state index in [1.165, 1.54) is 24.3 Å². The molecule has 0 aromatic heterocycles. The van der Waals surface area contributed by atoms with Gasteiger partial charge in [-0.25, -0.2) is 8.42 Å². The van der Waals surface area contributed by atoms with Crippen LogP contribution < -0.4 is 10.0 Å². The average Bonchev–Trinajstić information content (AvgIpc) is 3.08. The van der Waals surface area contributed by atoms with Gasteiger partial charge in [0.05, 0.1) is 16.0 Å². The fourth-order valence-corrected chi connectivity index (χ4v) is 5.83. The minimum absolute atomic E-state index is 0.0358. The van der Waals surface area contributed by atoms with E-state index in [4.69, 9.17) is 0 Å². The van der Waals surface area contributed by atoms with Gasteiger partial charge in [0.2, 0.25) is 5.91 Å². The molecule has 0 bridgehead atoms. The molecule has 5 rings (SSSR count). The van der Waals surface area contributed by atoms with E-state index in [0.29, 0.717) is 24.5 Å². The molecule has 9 nitrogen and oxygen atoms in total. The number of anilines is 1. The molecule has 39 heavy (non-hydrogen) atoms. The van der Waals surface area contributed by atoms with Crippen LogP contribution in [-0.2, 0) is 21.2 Å². The Bertz CT molecular complexity index is 1500. The van der Waals surface area contributed by atoms with Crippen LogP contribution in [0.1, 0.15) is 52.0 Å². The van der Waals surface area contributed by atoms with E-state index in [1.807, 2.05) is 30.3 Å². The summed E-state index contributed by atoms with van der Waals surface area (Å²) in [6, 6.07) is 20.2. The average molecular weight is 545 g/mol. The molecule has 0 saturated carbocycles. The van der Waals surface area contributed by atoms with Crippen molar-refractivity contribution < 1.29 is 22.8 Å². The van der Waals surface area contributed by atoms with E-state index >= 15 is 0 Å². The van der Waals surface area contributed by atoms with Gasteiger partial charge in [0.25, 0.3) is 21.8 Å². The second-order valence-corrected chi connectivity index (χ2v) is 11.2. The van der Waals surface area contributed by atoms with Crippen LogP contribution in [0.4, 0.5) is 5.69 Å². The summed E-state index contributed by atoms with van der Waals surface area (Å²) in [6.07, 6.45) is 3.52. The predicted molar refractivity (Wildman–Crippen MR) is 147 cm³/mol. The zero-order valence-electron chi connectivity index (χ0n) is 21.2. The summed E-state index contributed by atoms with van der Waals surface area (Å²) in [7, 11) is -3.83. The molecule has 0 fully saturated rings. The van der Waals surface area contributed by atoms with Crippen LogP contribution in [0.2, 0.25) is 0 Å². The summed E-state index contributed by atoms with van der Waals surface area (Å²) < 4.78 is 28.3. The lowest BCUT2D eigenvalue weighted by Gasteiger charge is -2.25. The van der Waals surface area contributed by atoms with E-state index in [0.717, 1.165) is 29.7 Å². The normalized spacial score (nSPS) is 16.2. The summed E-state index contributed by atoms with van der Waals surface area (Å²) in [5.74, 6) is -1.16. The Kier molecular flexibility index (Phi) is 7.56. The van der Waals surface area contributed by atoms with Crippen molar-refractivity contribution in [1.29, 1.82) is 0 Å². The maximum Gasteiger partial charge on any atom is 0.262 e. The van der Waals surface area contributed by atoms with Gasteiger partial charge in [-0.2, -0.15) is 0 Å². The summed E-state index contributed by atoms with van der Waals surface area (Å²) in [4.78, 5) is 45.2. The van der Waals surface area contributed by atoms with Crippen molar-refractivity contribution in [3.8, 4) is 0 Å². The molecule has 0 spiro atoms. The molecule has 2 aliphatic heterocycles. The molecule has 2 N–H and O–H groups in total. The molecule has 1 atom stereocenters. The number of amides is 3. The van der Waals surface area contributed by atoms with Crippen molar-refractivity contribution in [3.05, 3.63) is 95.6 Å². The Labute approximate surface area is 227 Å². The number of nitrogens with one attached hydrogen (secondary N) is 2. The maximum absolute atomic E-state index is 13.5. The van der Waals surface area contributed by atoms with Gasteiger partial charge in [0.1, 0.15) is 11.9 Å². The lowest BCUT2D eigenvalue weighted by atomic mass is 10.0. The van der Waals surface area contributed by atoms with Crippen molar-refractivity contribution in [1.82, 2.24) is 9.62 Å². The number of hydrogen-bond acceptors (Lipinski definition) is 6. The first-order valence-electron chi connectivity index (χ1n) is 12.8. The number of nitrogens with zero attached hydrogens (tertiary/aromatic N) is 2. The SMILES string of the molecule is O=C(Nc1ccc(S(=O)(=O)NC2=NCCCCC2)cc1)[C@@H](Cc1ccccc1)N1C(=O)c2ccccc2C1=O. The highest BCUT2D eigenvalue weighted by atomic mass is 32.2. The molecule has 3 amide bonds. The third-order valence-corrected chi connectivity index (χ3v) is 8.17. The van der Waals surface area contributed by atoms with Crippen LogP contribution in [0.5, 0.6) is 0 Å². The Balaban J connectivity index is 1.35. The molecular weight excluding hydrogens is 516 g/mol. The van der Waals surface area contributed by atoms with Crippen molar-refractivity contribution >= 4 is 39.3 Å². The van der Waals surface area contributed by atoms with E-state index in [2.05, 4.69) is 15.0 Å². The quantitative estimate of drug-likeness (QED) is 0.438. The van der Waals surface area contributed by atoms with E-state index < -0.39 is 33.8 Å². The fourth-order valence-electron chi connectivity index (χ4n) is 4.74. The monoisotopic (exact) mass is 544 g/mol. The van der Waals surface area contributed by atoms with Crippen LogP contribution in [0.3, 0.4) is 0 Å². The van der Waals surface area contributed by atoms with Gasteiger partial charge in [-0.3, -0.25) is 29.0 Å². The first kappa shape index (κ1) is 26.3. The number of sulfonamides is 1. The van der Waals surface area contributed by atoms with Gasteiger partial charge in [-0.1, -0.05) is 48.9 Å². The number of carbonyl (C=O) groups excluding carboxylic acids is 3. The molecule has 0 radical (unpaired) electrons. The molecule has 3 aromatic carbocycles. The number of benzene rings is 3. The largest absolute Gasteiger partial charge is 0.324 e. The minimum Gasteiger partial charge on any atom is -0.324 e. The van der Waals surface area contributed by atoms with Crippen molar-refractivity contribution in [2.75, 3.05) is 11.9 Å². The lowest BCUT2D eigenvalue weighted by molar-refractivity contribution is -0.119. The third kappa shape index (κ3) is 5.75. The Morgan fingerprint density at radius 1 is 0.846 bits per heavy atom. The van der Waals surface area contributed by atoms with Crippen LogP contribution in [-0.4, -0.2) is 49.5 Å². The number of imide groups is 1. The standard InChI is InChI=1S/C29H28N4O5S/c34-27(31-21-14-16-22(17-15-21)39(37,38)32-26-13-5-2-8-18-30-26)25(19-20-9-3-1-4-10-20)33-28(35)23-11-6-7-12-24(23)29(33)36/h1,3-4,6-7,9-12,14-17,25H,2,5,8,13,18-19H2,(H,30,32)(H,31,34)/t25-/m1/s1. The van der Waals surface area contributed by atoms with Gasteiger partial charge in [0.15, 0.2) is 0 Å². The summed E-state index contributed by atoms with van der Waals surface area (Å²) in [6.45, 7) is 0.597. The van der Waals surface area contributed by atoms with Crippen molar-refractivity contribution in [2.24, 2.45) is 4.99 Å². The number of fused-ring (bicyclic) bond motifs is 1. The zero-order valence-corrected chi connectivity index (χ0v) is 22.0. The minimum atomic E-state index is -3.83. The highest BCUT2D eigenvalue weighted by Gasteiger charge is 2.42. The van der Waals surface area contributed by atoms with E-state index in [9.17, 15) is 22.8 Å². The molecule has 0 aliphatic carbocycles. The number of carbonyl (C=O) groups is 3. The summed E-state index contributed by atoms with van der Waals surface area (Å²) >= 11 is 0. The molecule has 0 saturated heterocycles. The highest BCUT2D eigenvalue weighted by molar-refractivity contribution is 7.90. The van der Waals surface area contributed by atoms with Gasteiger partial charge >= 0.3 is 0 Å². The molecule has 2 aliphatic rings. The summed E-state index contributed by atoms with van der Waals surface area (Å²) in [5.41, 5.74) is 1.63. The van der Waals surface area contributed by atoms with Crippen molar-refractivity contribution in [2.45, 2.75) is 43.0 Å². The van der Waals surface area contributed by atoms with Gasteiger partial charge < -0.3 is 5.32 Å². The zero-order chi connectivity index (χ0) is 27.4. The summed E-state index contributed by atoms with van der Waals surface area (Å²) in [5, 5.41) is 2.75. The second kappa shape index (κ2) is 11.2. The van der Waals surface area contributed by atoms with Gasteiger partial charge in [-0.05, 0) is 54.8 Å². The Morgan fingerprint density at radius 3 is 2.15 bits per heavy atom. The topological polar surface area (TPSA) is 125 Å². The second-order valence-electron chi connectivity index (χ2n) is 9.49. The fraction of sp³-hybridized carbons (Fsp3) is 0.241. The smallest absolute Gasteiger partial charge is 0.262 e. The number of aliphatic imine (C=N–C) groups is 1. The third-order valence-electron chi connectivity index (χ3n) is 6.77. The molecule has 200 valence electrons. The number of hydrogen-bond donors (Lipinski definition) is 2. The number of rotatable bonds is 7. The van der Waals surface area contributed by atoms with E-state index in [-0.39, 0.29) is 22.4 Å². The lowest BCUT2D eigenvalue weighted by Crippen LogP contribution is -2.48. The van der Waals surface area contributed by atoms with Crippen LogP contribution in [0, 0.1) is 0 Å². The van der Waals surface area contributed by atoms with E-state index in [1.54, 1.807) is 24.3 Å². The molecular formula is C29H28N4O5S. The van der Waals surface area contributed by atoms with Crippen LogP contribution in [0.25, 0.3) is 0 Å². The number of amidine groups is 1. The molecule has 3 aromatic rings. The Morgan fingerprint density at radius 2 is 1.49 bits per heavy atom.